The van der Waals surface area contributed by atoms with Crippen molar-refractivity contribution < 1.29 is 13.3 Å². The lowest BCUT2D eigenvalue weighted by atomic mass is 9.94. The first-order valence-electron chi connectivity index (χ1n) is 18.4. The highest BCUT2D eigenvalue weighted by Gasteiger charge is 2.46. The second-order valence-corrected chi connectivity index (χ2v) is 39.1. The Kier molecular flexibility index (Phi) is 16.9. The molecule has 2 heterocycles. The SMILES string of the molecule is CC[C@H](CO[Si](C)(C)C(C)(C)C)[C@@H](CC1(CCC[C@@H](CC2SCCCS2)O[Si](C)(C)C(C)(C)C)SCCS1)O[Si](C)(C)C(C)(C)C. The predicted molar refractivity (Wildman–Crippen MR) is 225 cm³/mol. The molecule has 274 valence electrons. The first kappa shape index (κ1) is 44.1. The Balaban J connectivity index is 2.28. The standard InChI is InChI=1S/C36H76O3S4Si3/c1-17-29(28-37-44(11,12)33(2,3)4)31(39-46(15,16)35(8,9)10)27-36(42-24-25-43-36)21-18-20-30(26-32-40-22-19-23-41-32)38-45(13,14)34(5,6)7/h29-32H,17-28H2,1-16H3/t29-,30+,31-/m1/s1. The van der Waals surface area contributed by atoms with Gasteiger partial charge in [0.1, 0.15) is 0 Å². The van der Waals surface area contributed by atoms with E-state index in [9.17, 15) is 0 Å². The van der Waals surface area contributed by atoms with Crippen molar-refractivity contribution >= 4 is 72.0 Å². The molecule has 0 unspecified atom stereocenters. The van der Waals surface area contributed by atoms with Gasteiger partial charge in [-0.3, -0.25) is 0 Å². The van der Waals surface area contributed by atoms with E-state index < -0.39 is 25.0 Å². The molecule has 0 radical (unpaired) electrons. The van der Waals surface area contributed by atoms with Gasteiger partial charge in [0.05, 0.1) is 14.8 Å². The van der Waals surface area contributed by atoms with Crippen molar-refractivity contribution in [2.24, 2.45) is 5.92 Å². The zero-order valence-electron chi connectivity index (χ0n) is 33.2. The lowest BCUT2D eigenvalue weighted by Crippen LogP contribution is -2.49. The molecular formula is C36H76O3S4Si3. The third-order valence-electron chi connectivity index (χ3n) is 11.8. The van der Waals surface area contributed by atoms with Gasteiger partial charge in [0.25, 0.3) is 0 Å². The fraction of sp³-hybridized carbons (Fsp3) is 1.00. The van der Waals surface area contributed by atoms with Crippen LogP contribution < -0.4 is 0 Å². The van der Waals surface area contributed by atoms with Crippen molar-refractivity contribution in [2.45, 2.75) is 189 Å². The summed E-state index contributed by atoms with van der Waals surface area (Å²) in [6.45, 7) is 39.2. The fourth-order valence-electron chi connectivity index (χ4n) is 5.35. The Hall–Kier alpha value is 1.93. The van der Waals surface area contributed by atoms with Crippen LogP contribution in [0, 0.1) is 5.92 Å². The molecule has 0 aromatic carbocycles. The van der Waals surface area contributed by atoms with Gasteiger partial charge in [0, 0.05) is 30.1 Å². The monoisotopic (exact) mass is 768 g/mol. The molecule has 2 saturated heterocycles. The highest BCUT2D eigenvalue weighted by molar-refractivity contribution is 8.21. The lowest BCUT2D eigenvalue weighted by Gasteiger charge is -2.45. The molecule has 0 N–H and O–H groups in total. The molecule has 2 aliphatic heterocycles. The van der Waals surface area contributed by atoms with Crippen LogP contribution in [-0.4, -0.2) is 75.4 Å². The van der Waals surface area contributed by atoms with E-state index in [1.807, 2.05) is 0 Å². The minimum atomic E-state index is -1.97. The second kappa shape index (κ2) is 17.6. The third-order valence-corrected chi connectivity index (χ3v) is 31.9. The van der Waals surface area contributed by atoms with Crippen molar-refractivity contribution in [1.29, 1.82) is 0 Å². The molecule has 0 bridgehead atoms. The Morgan fingerprint density at radius 1 is 0.717 bits per heavy atom. The minimum absolute atomic E-state index is 0.191. The smallest absolute Gasteiger partial charge is 0.192 e. The average Bonchev–Trinajstić information content (AvgIpc) is 3.35. The number of thioether (sulfide) groups is 4. The number of hydrogen-bond acceptors (Lipinski definition) is 7. The van der Waals surface area contributed by atoms with Gasteiger partial charge in [0.2, 0.25) is 0 Å². The van der Waals surface area contributed by atoms with E-state index in [1.54, 1.807) is 0 Å². The van der Waals surface area contributed by atoms with Gasteiger partial charge >= 0.3 is 0 Å². The van der Waals surface area contributed by atoms with E-state index in [1.165, 1.54) is 55.1 Å². The zero-order valence-corrected chi connectivity index (χ0v) is 39.4. The first-order valence-corrected chi connectivity index (χ1v) is 31.1. The van der Waals surface area contributed by atoms with Crippen molar-refractivity contribution in [3.8, 4) is 0 Å². The maximum Gasteiger partial charge on any atom is 0.192 e. The molecule has 3 atom stereocenters. The van der Waals surface area contributed by atoms with E-state index in [0.717, 1.165) is 19.4 Å². The maximum absolute atomic E-state index is 7.45. The van der Waals surface area contributed by atoms with Gasteiger partial charge < -0.3 is 13.3 Å². The van der Waals surface area contributed by atoms with Gasteiger partial charge in [-0.05, 0) is 111 Å². The molecule has 0 saturated carbocycles. The molecule has 10 heteroatoms. The van der Waals surface area contributed by atoms with Crippen LogP contribution >= 0.6 is 47.0 Å². The quantitative estimate of drug-likeness (QED) is 0.136. The summed E-state index contributed by atoms with van der Waals surface area (Å²) in [5, 5.41) is 0.653. The van der Waals surface area contributed by atoms with Crippen LogP contribution in [0.5, 0.6) is 0 Å². The highest BCUT2D eigenvalue weighted by Crippen LogP contribution is 2.53. The summed E-state index contributed by atoms with van der Waals surface area (Å²) in [5.41, 5.74) is 0. The zero-order chi connectivity index (χ0) is 35.2. The molecule has 2 fully saturated rings. The molecule has 3 nitrogen and oxygen atoms in total. The van der Waals surface area contributed by atoms with Crippen LogP contribution in [0.2, 0.25) is 54.4 Å². The molecule has 46 heavy (non-hydrogen) atoms. The lowest BCUT2D eigenvalue weighted by molar-refractivity contribution is 0.0669. The summed E-state index contributed by atoms with van der Waals surface area (Å²) in [4.78, 5) is 0. The van der Waals surface area contributed by atoms with Crippen LogP contribution in [0.25, 0.3) is 0 Å². The largest absolute Gasteiger partial charge is 0.416 e. The second-order valence-electron chi connectivity index (χ2n) is 18.6. The van der Waals surface area contributed by atoms with Crippen molar-refractivity contribution in [3.05, 3.63) is 0 Å². The molecule has 0 amide bonds. The average molecular weight is 770 g/mol. The summed E-state index contributed by atoms with van der Waals surface area (Å²) < 4.78 is 22.5. The minimum Gasteiger partial charge on any atom is -0.416 e. The summed E-state index contributed by atoms with van der Waals surface area (Å²) >= 11 is 8.84. The third kappa shape index (κ3) is 13.2. The summed E-state index contributed by atoms with van der Waals surface area (Å²) in [7, 11) is -5.64. The Bertz CT molecular complexity index is 900. The van der Waals surface area contributed by atoms with Gasteiger partial charge in [-0.1, -0.05) is 69.2 Å². The molecule has 0 aliphatic carbocycles. The summed E-state index contributed by atoms with van der Waals surface area (Å²) in [6, 6.07) is 0. The summed E-state index contributed by atoms with van der Waals surface area (Å²) in [6.07, 6.45) is 9.10. The predicted octanol–water partition coefficient (Wildman–Crippen LogP) is 13.1. The van der Waals surface area contributed by atoms with Gasteiger partial charge in [-0.15, -0.1) is 47.0 Å². The summed E-state index contributed by atoms with van der Waals surface area (Å²) in [5.74, 6) is 5.57. The number of hydrogen-bond donors (Lipinski definition) is 0. The van der Waals surface area contributed by atoms with Crippen LogP contribution in [-0.2, 0) is 13.3 Å². The fourth-order valence-corrected chi connectivity index (χ4v) is 15.6. The van der Waals surface area contributed by atoms with Gasteiger partial charge in [0.15, 0.2) is 25.0 Å². The first-order chi connectivity index (χ1) is 20.8. The van der Waals surface area contributed by atoms with Gasteiger partial charge in [-0.2, -0.15) is 0 Å². The van der Waals surface area contributed by atoms with Gasteiger partial charge in [-0.25, -0.2) is 0 Å². The van der Waals surface area contributed by atoms with Crippen molar-refractivity contribution in [3.63, 3.8) is 0 Å². The Morgan fingerprint density at radius 3 is 1.70 bits per heavy atom. The van der Waals surface area contributed by atoms with Crippen molar-refractivity contribution in [2.75, 3.05) is 29.6 Å². The van der Waals surface area contributed by atoms with Crippen LogP contribution in [0.3, 0.4) is 0 Å². The maximum atomic E-state index is 7.45. The Morgan fingerprint density at radius 2 is 1.22 bits per heavy atom. The molecule has 0 aromatic rings. The molecule has 0 spiro atoms. The molecular weight excluding hydrogens is 693 g/mol. The van der Waals surface area contributed by atoms with E-state index >= 15 is 0 Å². The molecule has 2 aliphatic rings. The topological polar surface area (TPSA) is 27.7 Å². The van der Waals surface area contributed by atoms with Crippen LogP contribution in [0.4, 0.5) is 0 Å². The molecule has 0 aromatic heterocycles. The molecule has 2 rings (SSSR count). The van der Waals surface area contributed by atoms with E-state index in [-0.39, 0.29) is 25.3 Å². The van der Waals surface area contributed by atoms with E-state index in [4.69, 9.17) is 13.3 Å². The normalized spacial score (nSPS) is 21.4. The van der Waals surface area contributed by atoms with Crippen LogP contribution in [0.15, 0.2) is 0 Å². The highest BCUT2D eigenvalue weighted by atomic mass is 32.2. The van der Waals surface area contributed by atoms with E-state index in [0.29, 0.717) is 16.6 Å². The van der Waals surface area contributed by atoms with Crippen LogP contribution in [0.1, 0.15) is 114 Å². The Labute approximate surface area is 308 Å². The van der Waals surface area contributed by atoms with Crippen molar-refractivity contribution in [1.82, 2.24) is 0 Å². The number of rotatable bonds is 17. The van der Waals surface area contributed by atoms with E-state index in [2.05, 4.69) is 156 Å².